The summed E-state index contributed by atoms with van der Waals surface area (Å²) in [5.74, 6) is 0.163. The van der Waals surface area contributed by atoms with Crippen molar-refractivity contribution in [3.8, 4) is 0 Å². The molecule has 1 aliphatic heterocycles. The van der Waals surface area contributed by atoms with Crippen LogP contribution in [-0.4, -0.2) is 45.3 Å². The highest BCUT2D eigenvalue weighted by Gasteiger charge is 2.25. The molecule has 3 rings (SSSR count). The van der Waals surface area contributed by atoms with Gasteiger partial charge in [0.15, 0.2) is 0 Å². The van der Waals surface area contributed by atoms with Crippen molar-refractivity contribution in [1.29, 1.82) is 0 Å². The number of hydrogen-bond acceptors (Lipinski definition) is 5. The molecule has 1 aromatic heterocycles. The summed E-state index contributed by atoms with van der Waals surface area (Å²) in [6, 6.07) is 9.92. The number of benzene rings is 1. The number of hydrogen-bond donors (Lipinski definition) is 1. The lowest BCUT2D eigenvalue weighted by Crippen LogP contribution is -2.43. The zero-order valence-corrected chi connectivity index (χ0v) is 11.6. The molecule has 2 heterocycles. The molecule has 1 aromatic carbocycles. The first-order valence-electron chi connectivity index (χ1n) is 6.81. The number of anilines is 1. The number of carbonyl (C=O) groups excluding carboxylic acids is 1. The molecule has 21 heavy (non-hydrogen) atoms. The summed E-state index contributed by atoms with van der Waals surface area (Å²) >= 11 is 0. The Hall–Kier alpha value is -2.41. The number of rotatable bonds is 3. The molecule has 1 aliphatic rings. The average Bonchev–Trinajstić information content (AvgIpc) is 2.93. The van der Waals surface area contributed by atoms with Gasteiger partial charge in [-0.05, 0) is 5.56 Å². The Bertz CT molecular complexity index is 613. The average molecular weight is 287 g/mol. The van der Waals surface area contributed by atoms with E-state index in [1.807, 2.05) is 30.3 Å². The van der Waals surface area contributed by atoms with Crippen LogP contribution < -0.4 is 5.73 Å². The van der Waals surface area contributed by atoms with Gasteiger partial charge >= 0.3 is 0 Å². The van der Waals surface area contributed by atoms with Gasteiger partial charge in [0.05, 0.1) is 13.2 Å². The molecule has 2 aromatic rings. The van der Waals surface area contributed by atoms with E-state index in [0.717, 1.165) is 5.56 Å². The zero-order chi connectivity index (χ0) is 14.7. The number of morpholine rings is 1. The first-order valence-corrected chi connectivity index (χ1v) is 6.81. The van der Waals surface area contributed by atoms with Crippen molar-refractivity contribution >= 4 is 11.9 Å². The van der Waals surface area contributed by atoms with Gasteiger partial charge < -0.3 is 15.4 Å². The van der Waals surface area contributed by atoms with Crippen LogP contribution in [0.15, 0.2) is 36.7 Å². The molecule has 7 nitrogen and oxygen atoms in total. The van der Waals surface area contributed by atoms with E-state index in [0.29, 0.717) is 19.7 Å². The van der Waals surface area contributed by atoms with Crippen LogP contribution in [0.2, 0.25) is 0 Å². The molecule has 1 amide bonds. The van der Waals surface area contributed by atoms with Crippen LogP contribution in [0.4, 0.5) is 5.95 Å². The minimum Gasteiger partial charge on any atom is -0.370 e. The fourth-order valence-corrected chi connectivity index (χ4v) is 2.37. The van der Waals surface area contributed by atoms with E-state index in [1.54, 1.807) is 4.90 Å². The van der Waals surface area contributed by atoms with Crippen molar-refractivity contribution in [2.24, 2.45) is 0 Å². The van der Waals surface area contributed by atoms with E-state index in [9.17, 15) is 4.79 Å². The fraction of sp³-hybridized carbons (Fsp3) is 0.357. The topological polar surface area (TPSA) is 86.3 Å². The van der Waals surface area contributed by atoms with Crippen molar-refractivity contribution in [1.82, 2.24) is 19.7 Å². The van der Waals surface area contributed by atoms with Crippen LogP contribution in [0.1, 0.15) is 11.7 Å². The summed E-state index contributed by atoms with van der Waals surface area (Å²) in [4.78, 5) is 17.9. The highest BCUT2D eigenvalue weighted by Crippen LogP contribution is 2.22. The van der Waals surface area contributed by atoms with Gasteiger partial charge in [0.25, 0.3) is 0 Å². The summed E-state index contributed by atoms with van der Waals surface area (Å²) in [6.07, 6.45) is 1.38. The molecule has 7 heteroatoms. The molecule has 0 spiro atoms. The Kier molecular flexibility index (Phi) is 3.83. The van der Waals surface area contributed by atoms with E-state index in [4.69, 9.17) is 10.5 Å². The molecule has 0 saturated carbocycles. The Morgan fingerprint density at radius 2 is 2.19 bits per heavy atom. The third-order valence-electron chi connectivity index (χ3n) is 3.44. The lowest BCUT2D eigenvalue weighted by Gasteiger charge is -2.33. The standard InChI is InChI=1S/C14H17N5O2/c15-14-16-10-19(17-14)9-13(20)18-6-7-21-12(8-18)11-4-2-1-3-5-11/h1-5,10,12H,6-9H2,(H2,15,17). The maximum absolute atomic E-state index is 12.3. The smallest absolute Gasteiger partial charge is 0.244 e. The second-order valence-corrected chi connectivity index (χ2v) is 4.91. The van der Waals surface area contributed by atoms with Gasteiger partial charge in [-0.1, -0.05) is 30.3 Å². The van der Waals surface area contributed by atoms with Gasteiger partial charge in [0.1, 0.15) is 19.0 Å². The second-order valence-electron chi connectivity index (χ2n) is 4.91. The normalized spacial score (nSPS) is 18.7. The molecule has 110 valence electrons. The van der Waals surface area contributed by atoms with Crippen molar-refractivity contribution in [3.05, 3.63) is 42.2 Å². The Balaban J connectivity index is 1.64. The summed E-state index contributed by atoms with van der Waals surface area (Å²) in [5.41, 5.74) is 6.53. The van der Waals surface area contributed by atoms with Crippen molar-refractivity contribution in [2.75, 3.05) is 25.4 Å². The van der Waals surface area contributed by atoms with E-state index in [2.05, 4.69) is 10.1 Å². The van der Waals surface area contributed by atoms with Crippen LogP contribution in [-0.2, 0) is 16.1 Å². The van der Waals surface area contributed by atoms with Crippen LogP contribution in [0, 0.1) is 0 Å². The summed E-state index contributed by atoms with van der Waals surface area (Å²) < 4.78 is 7.20. The van der Waals surface area contributed by atoms with Gasteiger partial charge in [0, 0.05) is 6.54 Å². The van der Waals surface area contributed by atoms with Gasteiger partial charge in [0.2, 0.25) is 11.9 Å². The van der Waals surface area contributed by atoms with Crippen molar-refractivity contribution < 1.29 is 9.53 Å². The maximum atomic E-state index is 12.3. The number of ether oxygens (including phenoxy) is 1. The molecule has 2 N–H and O–H groups in total. The first kappa shape index (κ1) is 13.6. The largest absolute Gasteiger partial charge is 0.370 e. The van der Waals surface area contributed by atoms with Crippen molar-refractivity contribution in [2.45, 2.75) is 12.6 Å². The lowest BCUT2D eigenvalue weighted by atomic mass is 10.1. The van der Waals surface area contributed by atoms with Crippen LogP contribution >= 0.6 is 0 Å². The Morgan fingerprint density at radius 1 is 1.38 bits per heavy atom. The van der Waals surface area contributed by atoms with Crippen LogP contribution in [0.3, 0.4) is 0 Å². The van der Waals surface area contributed by atoms with Gasteiger partial charge in [-0.15, -0.1) is 5.10 Å². The summed E-state index contributed by atoms with van der Waals surface area (Å²) in [7, 11) is 0. The minimum absolute atomic E-state index is 0.0101. The van der Waals surface area contributed by atoms with Gasteiger partial charge in [-0.2, -0.15) is 0 Å². The molecular formula is C14H17N5O2. The molecule has 0 radical (unpaired) electrons. The molecule has 1 atom stereocenters. The Labute approximate surface area is 122 Å². The van der Waals surface area contributed by atoms with Crippen LogP contribution in [0.25, 0.3) is 0 Å². The summed E-state index contributed by atoms with van der Waals surface area (Å²) in [6.45, 7) is 1.82. The first-order chi connectivity index (χ1) is 10.2. The minimum atomic E-state index is -0.0790. The van der Waals surface area contributed by atoms with Crippen molar-refractivity contribution in [3.63, 3.8) is 0 Å². The van der Waals surface area contributed by atoms with E-state index >= 15 is 0 Å². The van der Waals surface area contributed by atoms with E-state index in [-0.39, 0.29) is 24.5 Å². The number of aromatic nitrogens is 3. The molecule has 1 fully saturated rings. The molecule has 0 bridgehead atoms. The highest BCUT2D eigenvalue weighted by atomic mass is 16.5. The van der Waals surface area contributed by atoms with E-state index < -0.39 is 0 Å². The number of nitrogens with zero attached hydrogens (tertiary/aromatic N) is 4. The molecule has 0 aliphatic carbocycles. The molecular weight excluding hydrogens is 270 g/mol. The van der Waals surface area contributed by atoms with Crippen LogP contribution in [0.5, 0.6) is 0 Å². The third kappa shape index (κ3) is 3.19. The van der Waals surface area contributed by atoms with Gasteiger partial charge in [-0.3, -0.25) is 4.79 Å². The highest BCUT2D eigenvalue weighted by molar-refractivity contribution is 5.76. The third-order valence-corrected chi connectivity index (χ3v) is 3.44. The Morgan fingerprint density at radius 3 is 2.90 bits per heavy atom. The number of nitrogens with two attached hydrogens (primary N) is 1. The quantitative estimate of drug-likeness (QED) is 0.886. The fourth-order valence-electron chi connectivity index (χ4n) is 2.37. The number of carbonyl (C=O) groups is 1. The predicted octanol–water partition coefficient (Wildman–Crippen LogP) is 0.460. The maximum Gasteiger partial charge on any atom is 0.244 e. The predicted molar refractivity (Wildman–Crippen MR) is 76.1 cm³/mol. The second kappa shape index (κ2) is 5.92. The monoisotopic (exact) mass is 287 g/mol. The van der Waals surface area contributed by atoms with Gasteiger partial charge in [-0.25, -0.2) is 9.67 Å². The molecule has 1 unspecified atom stereocenters. The number of amides is 1. The SMILES string of the molecule is Nc1ncn(CC(=O)N2CCOC(c3ccccc3)C2)n1. The summed E-state index contributed by atoms with van der Waals surface area (Å²) in [5, 5.41) is 3.93. The molecule has 1 saturated heterocycles. The lowest BCUT2D eigenvalue weighted by molar-refractivity contribution is -0.139. The zero-order valence-electron chi connectivity index (χ0n) is 11.6. The van der Waals surface area contributed by atoms with E-state index in [1.165, 1.54) is 11.0 Å². The number of nitrogen functional groups attached to an aromatic ring is 1.